The standard InChI is InChI=1S/C14H11FO2/c15-14-11(8-12(16)9-13(14)17)7-6-10-4-2-1-3-5-10/h1-9,16-17H/b7-6+. The Balaban J connectivity index is 2.33. The molecule has 2 N–H and O–H groups in total. The zero-order valence-electron chi connectivity index (χ0n) is 8.97. The molecule has 0 aliphatic rings. The summed E-state index contributed by atoms with van der Waals surface area (Å²) in [6.45, 7) is 0. The maximum absolute atomic E-state index is 13.5. The van der Waals surface area contributed by atoms with E-state index in [0.717, 1.165) is 11.6 Å². The van der Waals surface area contributed by atoms with Crippen LogP contribution in [0.5, 0.6) is 11.5 Å². The highest BCUT2D eigenvalue weighted by Crippen LogP contribution is 2.26. The van der Waals surface area contributed by atoms with Crippen LogP contribution in [0.3, 0.4) is 0 Å². The van der Waals surface area contributed by atoms with Gasteiger partial charge in [-0.2, -0.15) is 0 Å². The molecular formula is C14H11FO2. The van der Waals surface area contributed by atoms with Crippen LogP contribution in [-0.2, 0) is 0 Å². The van der Waals surface area contributed by atoms with Crippen LogP contribution in [0.25, 0.3) is 12.2 Å². The van der Waals surface area contributed by atoms with E-state index in [2.05, 4.69) is 0 Å². The average Bonchev–Trinajstić information content (AvgIpc) is 2.33. The van der Waals surface area contributed by atoms with Gasteiger partial charge in [-0.25, -0.2) is 4.39 Å². The summed E-state index contributed by atoms with van der Waals surface area (Å²) in [6, 6.07) is 11.6. The zero-order valence-corrected chi connectivity index (χ0v) is 8.97. The molecular weight excluding hydrogens is 219 g/mol. The molecule has 0 fully saturated rings. The second kappa shape index (κ2) is 4.70. The third-order valence-corrected chi connectivity index (χ3v) is 2.32. The third-order valence-electron chi connectivity index (χ3n) is 2.32. The van der Waals surface area contributed by atoms with Crippen molar-refractivity contribution in [1.82, 2.24) is 0 Å². The fraction of sp³-hybridized carbons (Fsp3) is 0. The molecule has 0 aliphatic carbocycles. The molecule has 0 saturated carbocycles. The highest BCUT2D eigenvalue weighted by Gasteiger charge is 2.06. The van der Waals surface area contributed by atoms with E-state index in [1.54, 1.807) is 6.08 Å². The van der Waals surface area contributed by atoms with Crippen molar-refractivity contribution in [2.24, 2.45) is 0 Å². The summed E-state index contributed by atoms with van der Waals surface area (Å²) < 4.78 is 13.5. The molecule has 17 heavy (non-hydrogen) atoms. The average molecular weight is 230 g/mol. The first-order valence-corrected chi connectivity index (χ1v) is 5.11. The topological polar surface area (TPSA) is 40.5 Å². The molecule has 0 heterocycles. The molecule has 3 heteroatoms. The lowest BCUT2D eigenvalue weighted by Crippen LogP contribution is -1.83. The molecule has 0 atom stereocenters. The first-order valence-electron chi connectivity index (χ1n) is 5.11. The van der Waals surface area contributed by atoms with Crippen LogP contribution in [0.2, 0.25) is 0 Å². The summed E-state index contributed by atoms with van der Waals surface area (Å²) in [4.78, 5) is 0. The van der Waals surface area contributed by atoms with Gasteiger partial charge in [0.2, 0.25) is 0 Å². The van der Waals surface area contributed by atoms with E-state index in [1.165, 1.54) is 12.1 Å². The molecule has 2 rings (SSSR count). The van der Waals surface area contributed by atoms with Crippen molar-refractivity contribution in [2.45, 2.75) is 0 Å². The summed E-state index contributed by atoms with van der Waals surface area (Å²) >= 11 is 0. The molecule has 0 bridgehead atoms. The minimum atomic E-state index is -0.741. The molecule has 2 aromatic rings. The van der Waals surface area contributed by atoms with Gasteiger partial charge >= 0.3 is 0 Å². The SMILES string of the molecule is Oc1cc(O)c(F)c(/C=C/c2ccccc2)c1. The van der Waals surface area contributed by atoms with Crippen molar-refractivity contribution in [3.05, 3.63) is 59.4 Å². The summed E-state index contributed by atoms with van der Waals surface area (Å²) in [6.07, 6.45) is 3.21. The molecule has 0 saturated heterocycles. The molecule has 0 aliphatic heterocycles. The van der Waals surface area contributed by atoms with Gasteiger partial charge in [0.05, 0.1) is 0 Å². The van der Waals surface area contributed by atoms with Crippen molar-refractivity contribution in [2.75, 3.05) is 0 Å². The van der Waals surface area contributed by atoms with Crippen LogP contribution in [0.4, 0.5) is 4.39 Å². The van der Waals surface area contributed by atoms with Crippen LogP contribution < -0.4 is 0 Å². The lowest BCUT2D eigenvalue weighted by Gasteiger charge is -2.01. The second-order valence-electron chi connectivity index (χ2n) is 3.61. The van der Waals surface area contributed by atoms with Crippen LogP contribution in [0.1, 0.15) is 11.1 Å². The van der Waals surface area contributed by atoms with Gasteiger partial charge in [-0.05, 0) is 11.6 Å². The molecule has 0 spiro atoms. The Kier molecular flexibility index (Phi) is 3.10. The predicted octanol–water partition coefficient (Wildman–Crippen LogP) is 3.41. The number of hydrogen-bond acceptors (Lipinski definition) is 2. The Labute approximate surface area is 98.3 Å². The monoisotopic (exact) mass is 230 g/mol. The molecule has 2 aromatic carbocycles. The normalized spacial score (nSPS) is 10.9. The van der Waals surface area contributed by atoms with Gasteiger partial charge in [-0.1, -0.05) is 42.5 Å². The third kappa shape index (κ3) is 2.64. The van der Waals surface area contributed by atoms with Crippen molar-refractivity contribution < 1.29 is 14.6 Å². The Hall–Kier alpha value is -2.29. The van der Waals surface area contributed by atoms with Crippen molar-refractivity contribution in [3.8, 4) is 11.5 Å². The number of phenols is 2. The fourth-order valence-electron chi connectivity index (χ4n) is 1.49. The van der Waals surface area contributed by atoms with Gasteiger partial charge < -0.3 is 10.2 Å². The molecule has 0 unspecified atom stereocenters. The van der Waals surface area contributed by atoms with Crippen LogP contribution in [-0.4, -0.2) is 10.2 Å². The van der Waals surface area contributed by atoms with Gasteiger partial charge in [-0.3, -0.25) is 0 Å². The van der Waals surface area contributed by atoms with E-state index in [-0.39, 0.29) is 11.3 Å². The highest BCUT2D eigenvalue weighted by atomic mass is 19.1. The minimum absolute atomic E-state index is 0.145. The molecule has 0 aromatic heterocycles. The molecule has 0 amide bonds. The minimum Gasteiger partial charge on any atom is -0.508 e. The van der Waals surface area contributed by atoms with E-state index in [4.69, 9.17) is 0 Å². The van der Waals surface area contributed by atoms with E-state index in [1.807, 2.05) is 30.3 Å². The van der Waals surface area contributed by atoms with Crippen LogP contribution in [0.15, 0.2) is 42.5 Å². The number of benzene rings is 2. The Morgan fingerprint density at radius 1 is 0.941 bits per heavy atom. The molecule has 0 radical (unpaired) electrons. The molecule has 86 valence electrons. The van der Waals surface area contributed by atoms with Crippen molar-refractivity contribution >= 4 is 12.2 Å². The summed E-state index contributed by atoms with van der Waals surface area (Å²) in [5, 5.41) is 18.5. The fourth-order valence-corrected chi connectivity index (χ4v) is 1.49. The van der Waals surface area contributed by atoms with Gasteiger partial charge in [0, 0.05) is 11.6 Å². The Morgan fingerprint density at radius 3 is 2.35 bits per heavy atom. The van der Waals surface area contributed by atoms with E-state index in [9.17, 15) is 14.6 Å². The largest absolute Gasteiger partial charge is 0.508 e. The van der Waals surface area contributed by atoms with Gasteiger partial charge in [0.1, 0.15) is 5.75 Å². The van der Waals surface area contributed by atoms with E-state index >= 15 is 0 Å². The maximum atomic E-state index is 13.5. The second-order valence-corrected chi connectivity index (χ2v) is 3.61. The highest BCUT2D eigenvalue weighted by molar-refractivity contribution is 5.71. The van der Waals surface area contributed by atoms with E-state index in [0.29, 0.717) is 0 Å². The van der Waals surface area contributed by atoms with Gasteiger partial charge in [0.15, 0.2) is 11.6 Å². The Bertz CT molecular complexity index is 548. The number of phenolic OH excluding ortho intramolecular Hbond substituents is 2. The van der Waals surface area contributed by atoms with E-state index < -0.39 is 11.6 Å². The van der Waals surface area contributed by atoms with Crippen LogP contribution in [0, 0.1) is 5.82 Å². The summed E-state index contributed by atoms with van der Waals surface area (Å²) in [7, 11) is 0. The van der Waals surface area contributed by atoms with Gasteiger partial charge in [-0.15, -0.1) is 0 Å². The maximum Gasteiger partial charge on any atom is 0.172 e. The van der Waals surface area contributed by atoms with Crippen LogP contribution >= 0.6 is 0 Å². The molecule has 2 nitrogen and oxygen atoms in total. The van der Waals surface area contributed by atoms with Crippen molar-refractivity contribution in [1.29, 1.82) is 0 Å². The first-order chi connectivity index (χ1) is 8.16. The summed E-state index contributed by atoms with van der Waals surface area (Å²) in [5.74, 6) is -1.47. The Morgan fingerprint density at radius 2 is 1.65 bits per heavy atom. The summed E-state index contributed by atoms with van der Waals surface area (Å²) in [5.41, 5.74) is 1.06. The smallest absolute Gasteiger partial charge is 0.172 e. The zero-order chi connectivity index (χ0) is 12.3. The van der Waals surface area contributed by atoms with Gasteiger partial charge in [0.25, 0.3) is 0 Å². The number of hydrogen-bond donors (Lipinski definition) is 2. The van der Waals surface area contributed by atoms with Crippen molar-refractivity contribution in [3.63, 3.8) is 0 Å². The first kappa shape index (κ1) is 11.2. The quantitative estimate of drug-likeness (QED) is 0.776. The lowest BCUT2D eigenvalue weighted by atomic mass is 10.1. The number of halogens is 1. The number of rotatable bonds is 2. The number of aromatic hydroxyl groups is 2. The lowest BCUT2D eigenvalue weighted by molar-refractivity contribution is 0.418. The predicted molar refractivity (Wildman–Crippen MR) is 65.1 cm³/mol.